The van der Waals surface area contributed by atoms with E-state index in [-0.39, 0.29) is 18.3 Å². The van der Waals surface area contributed by atoms with Gasteiger partial charge in [0.2, 0.25) is 0 Å². The zero-order chi connectivity index (χ0) is 22.5. The molecule has 0 aliphatic heterocycles. The second-order valence-electron chi connectivity index (χ2n) is 10.3. The first-order valence-electron chi connectivity index (χ1n) is 13.1. The zero-order valence-electron chi connectivity index (χ0n) is 21.8. The largest absolute Gasteiger partial charge is 1.00 e. The summed E-state index contributed by atoms with van der Waals surface area (Å²) in [5.74, 6) is 0.179. The number of hydrogen-bond donors (Lipinski definition) is 1. The molecule has 188 valence electrons. The predicted octanol–water partition coefficient (Wildman–Crippen LogP) is 3.01. The smallest absolute Gasteiger partial charge is 0.275 e. The Labute approximate surface area is 201 Å². The molecule has 0 aliphatic rings. The van der Waals surface area contributed by atoms with Gasteiger partial charge in [0, 0.05) is 13.1 Å². The summed E-state index contributed by atoms with van der Waals surface area (Å²) in [6, 6.07) is 0. The minimum absolute atomic E-state index is 0. The van der Waals surface area contributed by atoms with E-state index in [2.05, 4.69) is 31.2 Å². The molecule has 4 nitrogen and oxygen atoms in total. The number of nitrogens with zero attached hydrogens (tertiary/aromatic N) is 2. The lowest BCUT2D eigenvalue weighted by Crippen LogP contribution is -3.00. The number of amides is 1. The summed E-state index contributed by atoms with van der Waals surface area (Å²) in [5.41, 5.74) is 0. The van der Waals surface area contributed by atoms with Crippen molar-refractivity contribution in [1.82, 2.24) is 10.2 Å². The molecular formula is C26H56ClN3O. The Morgan fingerprint density at radius 2 is 1.10 bits per heavy atom. The van der Waals surface area contributed by atoms with Crippen LogP contribution in [0.25, 0.3) is 0 Å². The van der Waals surface area contributed by atoms with Crippen molar-refractivity contribution >= 4 is 5.91 Å². The van der Waals surface area contributed by atoms with Crippen LogP contribution in [0.5, 0.6) is 0 Å². The first kappa shape index (κ1) is 32.9. The topological polar surface area (TPSA) is 32.3 Å². The highest BCUT2D eigenvalue weighted by Gasteiger charge is 2.19. The number of quaternary nitrogens is 1. The van der Waals surface area contributed by atoms with Gasteiger partial charge in [-0.15, -0.1) is 0 Å². The molecule has 0 aliphatic carbocycles. The van der Waals surface area contributed by atoms with Crippen LogP contribution in [0.2, 0.25) is 0 Å². The van der Waals surface area contributed by atoms with Gasteiger partial charge < -0.3 is 27.1 Å². The van der Waals surface area contributed by atoms with Gasteiger partial charge in [0.1, 0.15) is 0 Å². The number of unbranched alkanes of at least 4 members (excludes halogenated alkanes) is 15. The van der Waals surface area contributed by atoms with Gasteiger partial charge in [-0.3, -0.25) is 4.79 Å². The average Bonchev–Trinajstić information content (AvgIpc) is 2.67. The molecule has 1 N–H and O–H groups in total. The first-order chi connectivity index (χ1) is 14.4. The number of hydrogen-bond acceptors (Lipinski definition) is 2. The van der Waals surface area contributed by atoms with Crippen molar-refractivity contribution in [2.45, 2.75) is 110 Å². The average molecular weight is 462 g/mol. The zero-order valence-corrected chi connectivity index (χ0v) is 22.6. The maximum Gasteiger partial charge on any atom is 0.275 e. The van der Waals surface area contributed by atoms with Gasteiger partial charge in [-0.1, -0.05) is 96.8 Å². The molecule has 0 radical (unpaired) electrons. The number of likely N-dealkylation sites (N-methyl/N-ethyl adjacent to an activating group) is 2. The molecule has 0 aromatic rings. The fourth-order valence-electron chi connectivity index (χ4n) is 4.03. The monoisotopic (exact) mass is 461 g/mol. The van der Waals surface area contributed by atoms with Gasteiger partial charge in [0.05, 0.1) is 20.6 Å². The molecule has 0 unspecified atom stereocenters. The summed E-state index contributed by atoms with van der Waals surface area (Å²) in [6.07, 6.45) is 22.5. The number of carbonyl (C=O) groups excluding carboxylic acids is 1. The first-order valence-corrected chi connectivity index (χ1v) is 13.1. The van der Waals surface area contributed by atoms with Crippen molar-refractivity contribution in [3.05, 3.63) is 0 Å². The van der Waals surface area contributed by atoms with Crippen LogP contribution in [0.1, 0.15) is 110 Å². The summed E-state index contributed by atoms with van der Waals surface area (Å²) < 4.78 is 0.798. The van der Waals surface area contributed by atoms with Crippen LogP contribution in [0.15, 0.2) is 0 Å². The van der Waals surface area contributed by atoms with E-state index < -0.39 is 0 Å². The molecule has 31 heavy (non-hydrogen) atoms. The van der Waals surface area contributed by atoms with Gasteiger partial charge in [-0.2, -0.15) is 0 Å². The normalized spacial score (nSPS) is 11.5. The second-order valence-corrected chi connectivity index (χ2v) is 10.3. The Balaban J connectivity index is 0. The quantitative estimate of drug-likeness (QED) is 0.198. The van der Waals surface area contributed by atoms with Crippen molar-refractivity contribution in [3.8, 4) is 0 Å². The molecule has 0 atom stereocenters. The highest BCUT2D eigenvalue weighted by Crippen LogP contribution is 2.14. The lowest BCUT2D eigenvalue weighted by atomic mass is 10.0. The van der Waals surface area contributed by atoms with E-state index in [0.29, 0.717) is 6.54 Å². The number of nitrogens with one attached hydrogen (secondary N) is 1. The molecule has 0 spiro atoms. The van der Waals surface area contributed by atoms with Crippen LogP contribution in [-0.4, -0.2) is 69.7 Å². The molecule has 0 bridgehead atoms. The van der Waals surface area contributed by atoms with Crippen LogP contribution in [0.4, 0.5) is 0 Å². The van der Waals surface area contributed by atoms with Crippen LogP contribution >= 0.6 is 0 Å². The molecule has 1 amide bonds. The van der Waals surface area contributed by atoms with E-state index >= 15 is 0 Å². The number of rotatable bonds is 22. The Morgan fingerprint density at radius 3 is 1.48 bits per heavy atom. The van der Waals surface area contributed by atoms with Crippen LogP contribution < -0.4 is 17.7 Å². The van der Waals surface area contributed by atoms with Crippen LogP contribution in [0, 0.1) is 0 Å². The van der Waals surface area contributed by atoms with Gasteiger partial charge >= 0.3 is 0 Å². The molecule has 0 aromatic heterocycles. The van der Waals surface area contributed by atoms with E-state index in [1.807, 2.05) is 14.1 Å². The fourth-order valence-corrected chi connectivity index (χ4v) is 4.03. The van der Waals surface area contributed by atoms with E-state index in [4.69, 9.17) is 0 Å². The highest BCUT2D eigenvalue weighted by atomic mass is 35.5. The van der Waals surface area contributed by atoms with Gasteiger partial charge in [0.25, 0.3) is 5.91 Å². The Kier molecular flexibility index (Phi) is 24.2. The standard InChI is InChI=1S/C26H55N3O.ClH/c1-6-7-8-9-10-11-12-13-14-15-16-17-18-19-20-21-24-29(4,5)25-26(30)27-22-23-28(2)3;/h6-25H2,1-5H3;1H. The third-order valence-electron chi connectivity index (χ3n) is 6.07. The molecule has 0 rings (SSSR count). The van der Waals surface area contributed by atoms with E-state index in [9.17, 15) is 4.79 Å². The summed E-state index contributed by atoms with van der Waals surface area (Å²) in [6.45, 7) is 5.62. The molecule has 0 aromatic carbocycles. The van der Waals surface area contributed by atoms with E-state index in [1.54, 1.807) is 0 Å². The minimum atomic E-state index is 0. The Hall–Kier alpha value is -0.320. The Morgan fingerprint density at radius 1 is 0.710 bits per heavy atom. The van der Waals surface area contributed by atoms with Gasteiger partial charge in [-0.05, 0) is 26.9 Å². The van der Waals surface area contributed by atoms with Gasteiger partial charge in [-0.25, -0.2) is 0 Å². The lowest BCUT2D eigenvalue weighted by Gasteiger charge is -2.29. The van der Waals surface area contributed by atoms with Crippen molar-refractivity contribution in [2.24, 2.45) is 0 Å². The van der Waals surface area contributed by atoms with Crippen molar-refractivity contribution < 1.29 is 21.7 Å². The maximum atomic E-state index is 12.1. The molecule has 0 heterocycles. The van der Waals surface area contributed by atoms with E-state index in [0.717, 1.165) is 24.1 Å². The lowest BCUT2D eigenvalue weighted by molar-refractivity contribution is -0.882. The molecule has 0 saturated carbocycles. The Bertz CT molecular complexity index is 389. The molecular weight excluding hydrogens is 406 g/mol. The molecule has 0 saturated heterocycles. The van der Waals surface area contributed by atoms with Crippen LogP contribution in [0.3, 0.4) is 0 Å². The van der Waals surface area contributed by atoms with Crippen molar-refractivity contribution in [3.63, 3.8) is 0 Å². The molecule has 5 heteroatoms. The highest BCUT2D eigenvalue weighted by molar-refractivity contribution is 5.77. The number of carbonyl (C=O) groups is 1. The minimum Gasteiger partial charge on any atom is -1.00 e. The maximum absolute atomic E-state index is 12.1. The fraction of sp³-hybridized carbons (Fsp3) is 0.962. The van der Waals surface area contributed by atoms with Crippen molar-refractivity contribution in [1.29, 1.82) is 0 Å². The summed E-state index contributed by atoms with van der Waals surface area (Å²) in [5, 5.41) is 3.03. The van der Waals surface area contributed by atoms with E-state index in [1.165, 1.54) is 103 Å². The van der Waals surface area contributed by atoms with Crippen LogP contribution in [-0.2, 0) is 4.79 Å². The third kappa shape index (κ3) is 25.8. The second kappa shape index (κ2) is 22.9. The number of halogens is 1. The summed E-state index contributed by atoms with van der Waals surface area (Å²) in [4.78, 5) is 14.2. The molecule has 0 fully saturated rings. The summed E-state index contributed by atoms with van der Waals surface area (Å²) in [7, 11) is 8.42. The third-order valence-corrected chi connectivity index (χ3v) is 6.07. The summed E-state index contributed by atoms with van der Waals surface area (Å²) >= 11 is 0. The SMILES string of the molecule is CCCCCCCCCCCCCCCCCC[N+](C)(C)CC(=O)NCCN(C)C.[Cl-]. The van der Waals surface area contributed by atoms with Gasteiger partial charge in [0.15, 0.2) is 6.54 Å². The van der Waals surface area contributed by atoms with Crippen molar-refractivity contribution in [2.75, 3.05) is 54.4 Å². The predicted molar refractivity (Wildman–Crippen MR) is 133 cm³/mol.